The maximum Gasteiger partial charge on any atom is 0.264 e. The fraction of sp³-hybridized carbons (Fsp3) is 0.182. The fourth-order valence-corrected chi connectivity index (χ4v) is 6.70. The minimum Gasteiger partial charge on any atom is -0.280 e. The van der Waals surface area contributed by atoms with Crippen molar-refractivity contribution in [3.8, 4) is 0 Å². The molecule has 3 aromatic carbocycles. The molecule has 0 radical (unpaired) electrons. The molecule has 0 amide bonds. The molecule has 31 heavy (non-hydrogen) atoms. The average Bonchev–Trinajstić information content (AvgIpc) is 2.73. The van der Waals surface area contributed by atoms with Gasteiger partial charge in [-0.3, -0.25) is 9.03 Å². The van der Waals surface area contributed by atoms with Crippen LogP contribution in [0.5, 0.6) is 0 Å². The van der Waals surface area contributed by atoms with Crippen molar-refractivity contribution >= 4 is 43.0 Å². The number of rotatable bonds is 5. The van der Waals surface area contributed by atoms with Crippen LogP contribution in [0, 0.1) is 6.92 Å². The van der Waals surface area contributed by atoms with Crippen LogP contribution < -0.4 is 9.03 Å². The van der Waals surface area contributed by atoms with Crippen LogP contribution in [0.1, 0.15) is 17.5 Å². The van der Waals surface area contributed by atoms with Gasteiger partial charge < -0.3 is 0 Å². The number of hydrogen-bond acceptors (Lipinski definition) is 4. The molecule has 0 spiro atoms. The van der Waals surface area contributed by atoms with E-state index in [2.05, 4.69) is 4.72 Å². The van der Waals surface area contributed by atoms with E-state index in [4.69, 9.17) is 11.6 Å². The van der Waals surface area contributed by atoms with E-state index < -0.39 is 20.0 Å². The van der Waals surface area contributed by atoms with E-state index in [1.165, 1.54) is 16.4 Å². The lowest BCUT2D eigenvalue weighted by molar-refractivity contribution is 0.586. The summed E-state index contributed by atoms with van der Waals surface area (Å²) in [6, 6.07) is 17.8. The highest BCUT2D eigenvalue weighted by Gasteiger charge is 2.29. The van der Waals surface area contributed by atoms with Crippen molar-refractivity contribution in [2.75, 3.05) is 15.6 Å². The monoisotopic (exact) mass is 476 g/mol. The zero-order valence-corrected chi connectivity index (χ0v) is 19.1. The van der Waals surface area contributed by atoms with Crippen molar-refractivity contribution in [2.24, 2.45) is 0 Å². The van der Waals surface area contributed by atoms with Crippen molar-refractivity contribution in [2.45, 2.75) is 29.6 Å². The maximum atomic E-state index is 13.2. The van der Waals surface area contributed by atoms with Crippen LogP contribution in [0.2, 0.25) is 5.02 Å². The maximum absolute atomic E-state index is 13.2. The van der Waals surface area contributed by atoms with Gasteiger partial charge in [0.25, 0.3) is 20.0 Å². The summed E-state index contributed by atoms with van der Waals surface area (Å²) < 4.78 is 55.8. The molecule has 0 aliphatic carbocycles. The minimum absolute atomic E-state index is 0.0158. The van der Waals surface area contributed by atoms with Crippen LogP contribution in [0.15, 0.2) is 76.5 Å². The first-order valence-corrected chi connectivity index (χ1v) is 13.0. The molecule has 162 valence electrons. The first-order valence-electron chi connectivity index (χ1n) is 9.68. The Labute approximate surface area is 187 Å². The molecule has 0 saturated heterocycles. The van der Waals surface area contributed by atoms with E-state index in [1.807, 2.05) is 6.92 Å². The summed E-state index contributed by atoms with van der Waals surface area (Å²) in [7, 11) is -7.58. The number of benzene rings is 3. The molecule has 0 fully saturated rings. The summed E-state index contributed by atoms with van der Waals surface area (Å²) in [6.45, 7) is 2.27. The van der Waals surface area contributed by atoms with Gasteiger partial charge in [0, 0.05) is 12.2 Å². The normalized spacial score (nSPS) is 14.2. The molecule has 9 heteroatoms. The second-order valence-corrected chi connectivity index (χ2v) is 11.3. The lowest BCUT2D eigenvalue weighted by Crippen LogP contribution is -2.35. The van der Waals surface area contributed by atoms with E-state index >= 15 is 0 Å². The lowest BCUT2D eigenvalue weighted by Gasteiger charge is -2.31. The van der Waals surface area contributed by atoms with Crippen LogP contribution in [0.3, 0.4) is 0 Å². The Bertz CT molecular complexity index is 1340. The molecule has 0 bridgehead atoms. The molecule has 1 aliphatic rings. The molecule has 4 rings (SSSR count). The highest BCUT2D eigenvalue weighted by Crippen LogP contribution is 2.34. The van der Waals surface area contributed by atoms with Crippen LogP contribution >= 0.6 is 11.6 Å². The van der Waals surface area contributed by atoms with Gasteiger partial charge in [-0.05, 0) is 67.8 Å². The number of sulfonamides is 2. The lowest BCUT2D eigenvalue weighted by atomic mass is 10.0. The van der Waals surface area contributed by atoms with Gasteiger partial charge in [0.05, 0.1) is 15.6 Å². The van der Waals surface area contributed by atoms with Gasteiger partial charge in [-0.1, -0.05) is 41.4 Å². The second-order valence-electron chi connectivity index (χ2n) is 7.37. The van der Waals surface area contributed by atoms with Crippen molar-refractivity contribution in [1.82, 2.24) is 0 Å². The predicted molar refractivity (Wildman–Crippen MR) is 123 cm³/mol. The summed E-state index contributed by atoms with van der Waals surface area (Å²) in [6.07, 6.45) is 1.29. The molecule has 1 aliphatic heterocycles. The van der Waals surface area contributed by atoms with Crippen molar-refractivity contribution < 1.29 is 16.8 Å². The third-order valence-electron chi connectivity index (χ3n) is 5.14. The van der Waals surface area contributed by atoms with Crippen molar-refractivity contribution in [3.05, 3.63) is 82.9 Å². The Morgan fingerprint density at radius 1 is 0.935 bits per heavy atom. The summed E-state index contributed by atoms with van der Waals surface area (Å²) in [4.78, 5) is 0.215. The zero-order valence-electron chi connectivity index (χ0n) is 16.7. The predicted octanol–water partition coefficient (Wildman–Crippen LogP) is 4.59. The van der Waals surface area contributed by atoms with E-state index in [0.717, 1.165) is 11.1 Å². The molecule has 0 atom stereocenters. The van der Waals surface area contributed by atoms with Gasteiger partial charge in [-0.2, -0.15) is 0 Å². The second kappa shape index (κ2) is 8.18. The SMILES string of the molecule is Cc1ccc(S(=O)(=O)N2CCCc3cc(NS(=O)(=O)c4ccccc4Cl)ccc32)cc1. The van der Waals surface area contributed by atoms with Gasteiger partial charge in [0.15, 0.2) is 0 Å². The molecular weight excluding hydrogens is 456 g/mol. The molecule has 0 saturated carbocycles. The Balaban J connectivity index is 1.66. The molecule has 1 heterocycles. The van der Waals surface area contributed by atoms with E-state index in [9.17, 15) is 16.8 Å². The summed E-state index contributed by atoms with van der Waals surface area (Å²) >= 11 is 6.04. The van der Waals surface area contributed by atoms with Crippen LogP contribution in [-0.2, 0) is 26.5 Å². The number of aryl methyl sites for hydroxylation is 2. The van der Waals surface area contributed by atoms with E-state index in [1.54, 1.807) is 54.6 Å². The van der Waals surface area contributed by atoms with Crippen molar-refractivity contribution in [1.29, 1.82) is 0 Å². The van der Waals surface area contributed by atoms with Gasteiger partial charge in [0.2, 0.25) is 0 Å². The van der Waals surface area contributed by atoms with Crippen LogP contribution in [0.4, 0.5) is 11.4 Å². The van der Waals surface area contributed by atoms with Gasteiger partial charge in [-0.25, -0.2) is 16.8 Å². The van der Waals surface area contributed by atoms with Gasteiger partial charge in [-0.15, -0.1) is 0 Å². The summed E-state index contributed by atoms with van der Waals surface area (Å²) in [5.41, 5.74) is 2.66. The number of fused-ring (bicyclic) bond motifs is 1. The quantitative estimate of drug-likeness (QED) is 0.583. The van der Waals surface area contributed by atoms with Gasteiger partial charge in [0.1, 0.15) is 4.90 Å². The largest absolute Gasteiger partial charge is 0.280 e. The van der Waals surface area contributed by atoms with Crippen LogP contribution in [-0.4, -0.2) is 23.4 Å². The van der Waals surface area contributed by atoms with E-state index in [0.29, 0.717) is 30.8 Å². The number of nitrogens with one attached hydrogen (secondary N) is 1. The van der Waals surface area contributed by atoms with Crippen molar-refractivity contribution in [3.63, 3.8) is 0 Å². The number of hydrogen-bond donors (Lipinski definition) is 1. The molecule has 1 N–H and O–H groups in total. The third kappa shape index (κ3) is 4.28. The highest BCUT2D eigenvalue weighted by molar-refractivity contribution is 7.93. The molecule has 6 nitrogen and oxygen atoms in total. The molecule has 0 unspecified atom stereocenters. The van der Waals surface area contributed by atoms with Crippen LogP contribution in [0.25, 0.3) is 0 Å². The highest BCUT2D eigenvalue weighted by atomic mass is 35.5. The first kappa shape index (κ1) is 21.7. The molecular formula is C22H21ClN2O4S2. The zero-order chi connectivity index (χ0) is 22.2. The number of anilines is 2. The smallest absolute Gasteiger partial charge is 0.264 e. The van der Waals surface area contributed by atoms with E-state index in [-0.39, 0.29) is 14.8 Å². The summed E-state index contributed by atoms with van der Waals surface area (Å²) in [5, 5.41) is 0.128. The number of nitrogens with zero attached hydrogens (tertiary/aromatic N) is 1. The minimum atomic E-state index is -3.87. The Morgan fingerprint density at radius 3 is 2.35 bits per heavy atom. The molecule has 3 aromatic rings. The molecule has 0 aromatic heterocycles. The Hall–Kier alpha value is -2.55. The topological polar surface area (TPSA) is 83.6 Å². The Morgan fingerprint density at radius 2 is 1.65 bits per heavy atom. The number of halogens is 1. The fourth-order valence-electron chi connectivity index (χ4n) is 3.59. The Kier molecular flexibility index (Phi) is 5.72. The third-order valence-corrected chi connectivity index (χ3v) is 8.85. The summed E-state index contributed by atoms with van der Waals surface area (Å²) in [5.74, 6) is 0. The first-order chi connectivity index (χ1) is 14.7. The van der Waals surface area contributed by atoms with Gasteiger partial charge >= 0.3 is 0 Å². The standard InChI is InChI=1S/C22H21ClN2O4S2/c1-16-8-11-19(12-9-16)31(28,29)25-14-4-5-17-15-18(10-13-21(17)25)24-30(26,27)22-7-3-2-6-20(22)23/h2-3,6-13,15,24H,4-5,14H2,1H3. The average molecular weight is 477 g/mol.